The van der Waals surface area contributed by atoms with Crippen molar-refractivity contribution < 1.29 is 36.6 Å². The highest BCUT2D eigenvalue weighted by Gasteiger charge is 2.38. The summed E-state index contributed by atoms with van der Waals surface area (Å²) in [5, 5.41) is 7.12. The summed E-state index contributed by atoms with van der Waals surface area (Å²) in [6.45, 7) is 3.57. The van der Waals surface area contributed by atoms with E-state index in [0.717, 1.165) is 32.5 Å². The van der Waals surface area contributed by atoms with E-state index < -0.39 is 29.7 Å². The summed E-state index contributed by atoms with van der Waals surface area (Å²) < 4.78 is 61.2. The molecule has 0 bridgehead atoms. The summed E-state index contributed by atoms with van der Waals surface area (Å²) in [5.41, 5.74) is 0.612. The van der Waals surface area contributed by atoms with Crippen molar-refractivity contribution in [3.8, 4) is 11.1 Å². The third-order valence-corrected chi connectivity index (χ3v) is 5.95. The quantitative estimate of drug-likeness (QED) is 0.623. The van der Waals surface area contributed by atoms with Crippen LogP contribution in [0.1, 0.15) is 36.0 Å². The summed E-state index contributed by atoms with van der Waals surface area (Å²) in [6, 6.07) is 11.9. The first-order chi connectivity index (χ1) is 16.1. The monoisotopic (exact) mass is 484 g/mol. The molecule has 34 heavy (non-hydrogen) atoms. The number of amides is 1. The van der Waals surface area contributed by atoms with Gasteiger partial charge in [0.25, 0.3) is 5.91 Å². The number of rotatable bonds is 4. The van der Waals surface area contributed by atoms with Crippen molar-refractivity contribution in [3.63, 3.8) is 0 Å². The van der Waals surface area contributed by atoms with Gasteiger partial charge in [-0.1, -0.05) is 36.4 Å². The normalized spacial score (nSPS) is 18.5. The van der Waals surface area contributed by atoms with Gasteiger partial charge in [-0.3, -0.25) is 4.79 Å². The fourth-order valence-corrected chi connectivity index (χ4v) is 4.27. The molecule has 2 fully saturated rings. The number of benzene rings is 2. The molecule has 5 nitrogen and oxygen atoms in total. The smallest absolute Gasteiger partial charge is 0.475 e. The molecule has 2 aromatic carbocycles. The van der Waals surface area contributed by atoms with Crippen LogP contribution >= 0.6 is 0 Å². The molecular formula is C24H25F5N2O3. The second-order valence-electron chi connectivity index (χ2n) is 8.26. The molecule has 0 aliphatic carbocycles. The van der Waals surface area contributed by atoms with Gasteiger partial charge in [-0.2, -0.15) is 13.2 Å². The Balaban J connectivity index is 0.000000406. The molecule has 0 aromatic heterocycles. The number of carbonyl (C=O) groups excluding carboxylic acids is 1. The van der Waals surface area contributed by atoms with Gasteiger partial charge in [0.05, 0.1) is 5.56 Å². The number of hydrogen-bond donors (Lipinski definition) is 1. The lowest BCUT2D eigenvalue weighted by Crippen LogP contribution is -2.42. The molecular weight excluding hydrogens is 459 g/mol. The van der Waals surface area contributed by atoms with Gasteiger partial charge in [-0.05, 0) is 50.4 Å². The highest BCUT2D eigenvalue weighted by Crippen LogP contribution is 2.29. The average molecular weight is 484 g/mol. The lowest BCUT2D eigenvalue weighted by atomic mass is 10.0. The van der Waals surface area contributed by atoms with Crippen molar-refractivity contribution >= 4 is 11.9 Å². The van der Waals surface area contributed by atoms with E-state index in [-0.39, 0.29) is 17.2 Å². The largest absolute Gasteiger partial charge is 0.490 e. The Morgan fingerprint density at radius 3 is 2.12 bits per heavy atom. The minimum Gasteiger partial charge on any atom is -0.475 e. The second-order valence-corrected chi connectivity index (χ2v) is 8.26. The molecule has 2 aliphatic rings. The van der Waals surface area contributed by atoms with Crippen molar-refractivity contribution in [2.75, 3.05) is 26.2 Å². The molecule has 2 saturated heterocycles. The van der Waals surface area contributed by atoms with E-state index in [1.807, 2.05) is 6.07 Å². The van der Waals surface area contributed by atoms with Crippen molar-refractivity contribution in [3.05, 3.63) is 59.7 Å². The van der Waals surface area contributed by atoms with Crippen LogP contribution in [-0.4, -0.2) is 65.2 Å². The lowest BCUT2D eigenvalue weighted by molar-refractivity contribution is -0.192. The second kappa shape index (κ2) is 10.9. The third kappa shape index (κ3) is 6.11. The van der Waals surface area contributed by atoms with Gasteiger partial charge in [0.15, 0.2) is 11.6 Å². The first-order valence-electron chi connectivity index (χ1n) is 11.0. The molecule has 2 aliphatic heterocycles. The number of carboxylic acids is 1. The fourth-order valence-electron chi connectivity index (χ4n) is 4.27. The van der Waals surface area contributed by atoms with Crippen LogP contribution in [0.25, 0.3) is 11.1 Å². The summed E-state index contributed by atoms with van der Waals surface area (Å²) in [6.07, 6.45) is -0.853. The summed E-state index contributed by atoms with van der Waals surface area (Å²) >= 11 is 0. The molecule has 1 atom stereocenters. The Bertz CT molecular complexity index is 1010. The third-order valence-electron chi connectivity index (χ3n) is 5.95. The topological polar surface area (TPSA) is 60.9 Å². The van der Waals surface area contributed by atoms with Gasteiger partial charge in [0, 0.05) is 24.7 Å². The van der Waals surface area contributed by atoms with Crippen LogP contribution in [0.4, 0.5) is 22.0 Å². The highest BCUT2D eigenvalue weighted by atomic mass is 19.4. The molecule has 184 valence electrons. The van der Waals surface area contributed by atoms with E-state index in [1.165, 1.54) is 25.0 Å². The minimum atomic E-state index is -5.08. The SMILES string of the molecule is O=C(O)C(F)(F)F.O=C(c1ccc(-c2ccccc2)c(F)c1F)N1CCC[C@H]1CN1CCCC1. The van der Waals surface area contributed by atoms with Gasteiger partial charge >= 0.3 is 12.1 Å². The number of nitrogens with zero attached hydrogens (tertiary/aromatic N) is 2. The van der Waals surface area contributed by atoms with Gasteiger partial charge in [0.2, 0.25) is 0 Å². The number of halogens is 5. The Morgan fingerprint density at radius 2 is 1.53 bits per heavy atom. The van der Waals surface area contributed by atoms with Crippen LogP contribution in [-0.2, 0) is 4.79 Å². The van der Waals surface area contributed by atoms with Crippen LogP contribution in [0.5, 0.6) is 0 Å². The number of carboxylic acid groups (broad SMARTS) is 1. The molecule has 0 radical (unpaired) electrons. The molecule has 10 heteroatoms. The van der Waals surface area contributed by atoms with Gasteiger partial charge in [-0.15, -0.1) is 0 Å². The maximum Gasteiger partial charge on any atom is 0.490 e. The van der Waals surface area contributed by atoms with Gasteiger partial charge in [0.1, 0.15) is 0 Å². The zero-order chi connectivity index (χ0) is 24.9. The maximum atomic E-state index is 14.8. The number of likely N-dealkylation sites (tertiary alicyclic amines) is 2. The van der Waals surface area contributed by atoms with E-state index in [9.17, 15) is 26.7 Å². The number of hydrogen-bond acceptors (Lipinski definition) is 3. The van der Waals surface area contributed by atoms with E-state index in [2.05, 4.69) is 4.90 Å². The summed E-state index contributed by atoms with van der Waals surface area (Å²) in [5.74, 6) is -5.16. The molecule has 0 saturated carbocycles. The standard InChI is InChI=1S/C22H24F2N2O.C2HF3O2/c23-20-18(16-7-2-1-3-8-16)10-11-19(21(20)24)22(27)26-14-6-9-17(26)15-25-12-4-5-13-25;3-2(4,5)1(6)7/h1-3,7-8,10-11,17H,4-6,9,12-15H2;(H,6,7)/t17-;/m0./s1. The van der Waals surface area contributed by atoms with Crippen LogP contribution in [0, 0.1) is 11.6 Å². The highest BCUT2D eigenvalue weighted by molar-refractivity contribution is 5.95. The summed E-state index contributed by atoms with van der Waals surface area (Å²) in [7, 11) is 0. The molecule has 0 spiro atoms. The zero-order valence-electron chi connectivity index (χ0n) is 18.3. The van der Waals surface area contributed by atoms with Crippen LogP contribution in [0.2, 0.25) is 0 Å². The minimum absolute atomic E-state index is 0.0897. The molecule has 1 N–H and O–H groups in total. The Kier molecular flexibility index (Phi) is 8.24. The van der Waals surface area contributed by atoms with E-state index in [4.69, 9.17) is 9.90 Å². The van der Waals surface area contributed by atoms with E-state index in [0.29, 0.717) is 12.1 Å². The van der Waals surface area contributed by atoms with Crippen molar-refractivity contribution in [1.29, 1.82) is 0 Å². The van der Waals surface area contributed by atoms with Crippen molar-refractivity contribution in [2.45, 2.75) is 37.9 Å². The van der Waals surface area contributed by atoms with Crippen LogP contribution < -0.4 is 0 Å². The van der Waals surface area contributed by atoms with Crippen LogP contribution in [0.15, 0.2) is 42.5 Å². The van der Waals surface area contributed by atoms with E-state index in [1.54, 1.807) is 29.2 Å². The number of alkyl halides is 3. The molecule has 2 aromatic rings. The number of aliphatic carboxylic acids is 1. The Hall–Kier alpha value is -3.01. The average Bonchev–Trinajstić information content (AvgIpc) is 3.48. The predicted octanol–water partition coefficient (Wildman–Crippen LogP) is 4.97. The maximum absolute atomic E-state index is 14.8. The zero-order valence-corrected chi connectivity index (χ0v) is 18.3. The molecule has 1 amide bonds. The first-order valence-corrected chi connectivity index (χ1v) is 11.0. The van der Waals surface area contributed by atoms with Crippen molar-refractivity contribution in [2.24, 2.45) is 0 Å². The van der Waals surface area contributed by atoms with E-state index >= 15 is 0 Å². The van der Waals surface area contributed by atoms with Crippen molar-refractivity contribution in [1.82, 2.24) is 9.80 Å². The van der Waals surface area contributed by atoms with Crippen LogP contribution in [0.3, 0.4) is 0 Å². The van der Waals surface area contributed by atoms with Gasteiger partial charge < -0.3 is 14.9 Å². The predicted molar refractivity (Wildman–Crippen MR) is 115 cm³/mol. The fraction of sp³-hybridized carbons (Fsp3) is 0.417. The summed E-state index contributed by atoms with van der Waals surface area (Å²) in [4.78, 5) is 25.9. The molecule has 0 unspecified atom stereocenters. The number of carbonyl (C=O) groups is 2. The molecule has 2 heterocycles. The first kappa shape index (κ1) is 25.6. The Labute approximate surface area is 193 Å². The Morgan fingerprint density at radius 1 is 0.912 bits per heavy atom. The lowest BCUT2D eigenvalue weighted by Gasteiger charge is -2.28. The molecule has 4 rings (SSSR count). The van der Waals surface area contributed by atoms with Gasteiger partial charge in [-0.25, -0.2) is 13.6 Å².